The van der Waals surface area contributed by atoms with Gasteiger partial charge in [-0.15, -0.1) is 0 Å². The largest absolute Gasteiger partial charge is 0.493 e. The highest BCUT2D eigenvalue weighted by Gasteiger charge is 2.37. The molecule has 1 aromatic rings. The van der Waals surface area contributed by atoms with E-state index in [9.17, 15) is 0 Å². The molecule has 1 aromatic carbocycles. The minimum atomic E-state index is -0.237. The second kappa shape index (κ2) is 9.67. The Morgan fingerprint density at radius 1 is 0.533 bits per heavy atom. The van der Waals surface area contributed by atoms with E-state index in [0.717, 1.165) is 23.8 Å². The van der Waals surface area contributed by atoms with Crippen molar-refractivity contribution in [2.24, 2.45) is 0 Å². The third kappa shape index (κ3) is 7.38. The molecule has 4 heteroatoms. The Labute approximate surface area is 190 Å². The predicted molar refractivity (Wildman–Crippen MR) is 140 cm³/mol. The number of benzene rings is 1. The second-order valence-electron chi connectivity index (χ2n) is 12.3. The van der Waals surface area contributed by atoms with Crippen molar-refractivity contribution in [3.63, 3.8) is 0 Å². The molecule has 0 saturated heterocycles. The van der Waals surface area contributed by atoms with Crippen molar-refractivity contribution in [3.8, 4) is 11.5 Å². The highest BCUT2D eigenvalue weighted by Crippen LogP contribution is 2.64. The van der Waals surface area contributed by atoms with Crippen LogP contribution in [0.3, 0.4) is 0 Å². The molecule has 0 radical (unpaired) electrons. The van der Waals surface area contributed by atoms with Gasteiger partial charge >= 0.3 is 0 Å². The molecule has 0 saturated carbocycles. The van der Waals surface area contributed by atoms with Crippen molar-refractivity contribution in [1.82, 2.24) is 0 Å². The summed E-state index contributed by atoms with van der Waals surface area (Å²) in [6.45, 7) is 28.9. The van der Waals surface area contributed by atoms with E-state index in [0.29, 0.717) is 0 Å². The number of ether oxygens (including phenoxy) is 2. The molecule has 0 unspecified atom stereocenters. The molecule has 0 spiro atoms. The lowest BCUT2D eigenvalue weighted by Crippen LogP contribution is -2.27. The first-order chi connectivity index (χ1) is 13.3. The van der Waals surface area contributed by atoms with Crippen molar-refractivity contribution in [2.45, 2.75) is 116 Å². The van der Waals surface area contributed by atoms with Crippen LogP contribution in [-0.4, -0.2) is 34.8 Å². The fraction of sp³-hybridized carbons (Fsp3) is 0.769. The van der Waals surface area contributed by atoms with Gasteiger partial charge in [0.05, 0.1) is 14.2 Å². The number of rotatable bonds is 6. The smallest absolute Gasteiger partial charge is 0.161 e. The van der Waals surface area contributed by atoms with Crippen LogP contribution in [-0.2, 0) is 12.3 Å². The van der Waals surface area contributed by atoms with Crippen LogP contribution < -0.4 is 9.47 Å². The minimum absolute atomic E-state index is 0.237. The molecule has 0 amide bonds. The van der Waals surface area contributed by atoms with E-state index in [-0.39, 0.29) is 36.5 Å². The average Bonchev–Trinajstić information content (AvgIpc) is 2.52. The first-order valence-electron chi connectivity index (χ1n) is 11.1. The van der Waals surface area contributed by atoms with E-state index < -0.39 is 0 Å². The van der Waals surface area contributed by atoms with E-state index in [2.05, 4.69) is 95.2 Å². The van der Waals surface area contributed by atoms with E-state index >= 15 is 0 Å². The van der Waals surface area contributed by atoms with Gasteiger partial charge < -0.3 is 9.47 Å². The summed E-state index contributed by atoms with van der Waals surface area (Å²) in [6, 6.07) is 4.53. The van der Waals surface area contributed by atoms with E-state index in [1.54, 1.807) is 14.2 Å². The molecule has 0 aliphatic rings. The van der Waals surface area contributed by atoms with Crippen LogP contribution >= 0.6 is 15.8 Å². The third-order valence-corrected chi connectivity index (χ3v) is 13.4. The number of hydrogen-bond acceptors (Lipinski definition) is 2. The zero-order valence-electron chi connectivity index (χ0n) is 22.3. The highest BCUT2D eigenvalue weighted by molar-refractivity contribution is 7.60. The van der Waals surface area contributed by atoms with Crippen molar-refractivity contribution in [1.29, 1.82) is 0 Å². The molecular weight excluding hydrogens is 406 g/mol. The van der Waals surface area contributed by atoms with Crippen molar-refractivity contribution < 1.29 is 9.47 Å². The Morgan fingerprint density at radius 2 is 0.767 bits per heavy atom. The Bertz CT molecular complexity index is 609. The van der Waals surface area contributed by atoms with Gasteiger partial charge in [-0.2, -0.15) is 0 Å². The van der Waals surface area contributed by atoms with Crippen LogP contribution in [0.4, 0.5) is 0 Å². The maximum atomic E-state index is 5.71. The Morgan fingerprint density at radius 3 is 0.933 bits per heavy atom. The average molecular weight is 455 g/mol. The lowest BCUT2D eigenvalue weighted by Gasteiger charge is -2.44. The van der Waals surface area contributed by atoms with Crippen LogP contribution in [0.2, 0.25) is 0 Å². The monoisotopic (exact) mass is 454 g/mol. The van der Waals surface area contributed by atoms with E-state index in [1.165, 1.54) is 11.1 Å². The van der Waals surface area contributed by atoms with Gasteiger partial charge in [0.25, 0.3) is 0 Å². The van der Waals surface area contributed by atoms with Gasteiger partial charge in [0.15, 0.2) is 11.5 Å². The molecule has 0 heterocycles. The van der Waals surface area contributed by atoms with Gasteiger partial charge in [-0.3, -0.25) is 0 Å². The van der Waals surface area contributed by atoms with Gasteiger partial charge in [-0.25, -0.2) is 0 Å². The number of hydrogen-bond donors (Lipinski definition) is 0. The molecule has 0 atom stereocenters. The maximum absolute atomic E-state index is 5.71. The first-order valence-corrected chi connectivity index (χ1v) is 14.2. The molecule has 30 heavy (non-hydrogen) atoms. The summed E-state index contributed by atoms with van der Waals surface area (Å²) in [7, 11) is 3.02. The van der Waals surface area contributed by atoms with Gasteiger partial charge in [0, 0.05) is 0 Å². The lowest BCUT2D eigenvalue weighted by atomic mass is 10.1. The van der Waals surface area contributed by atoms with Crippen LogP contribution in [0.25, 0.3) is 0 Å². The molecule has 174 valence electrons. The Hall–Kier alpha value is -0.320. The zero-order chi connectivity index (χ0) is 23.7. The fourth-order valence-electron chi connectivity index (χ4n) is 4.56. The SMILES string of the molecule is COc1cc(CP(C(C)(C)C)C(C)(C)C)c(CP(C(C)(C)C)C(C)(C)C)cc1OC. The molecule has 0 fully saturated rings. The molecule has 0 aromatic heterocycles. The van der Waals surface area contributed by atoms with E-state index in [1.807, 2.05) is 0 Å². The second-order valence-corrected chi connectivity index (χ2v) is 20.0. The van der Waals surface area contributed by atoms with Crippen molar-refractivity contribution in [3.05, 3.63) is 23.3 Å². The zero-order valence-corrected chi connectivity index (χ0v) is 24.1. The quantitative estimate of drug-likeness (QED) is 0.400. The van der Waals surface area contributed by atoms with Crippen LogP contribution in [0, 0.1) is 0 Å². The Balaban J connectivity index is 3.61. The van der Waals surface area contributed by atoms with Gasteiger partial charge in [0.1, 0.15) is 0 Å². The molecule has 0 N–H and O–H groups in total. The predicted octanol–water partition coefficient (Wildman–Crippen LogP) is 8.86. The Kier molecular flexibility index (Phi) is 8.93. The fourth-order valence-corrected chi connectivity index (χ4v) is 11.8. The topological polar surface area (TPSA) is 18.5 Å². The molecular formula is C26H48O2P2. The molecule has 0 aliphatic carbocycles. The van der Waals surface area contributed by atoms with Crippen molar-refractivity contribution >= 4 is 15.8 Å². The lowest BCUT2D eigenvalue weighted by molar-refractivity contribution is 0.354. The molecule has 2 nitrogen and oxygen atoms in total. The summed E-state index contributed by atoms with van der Waals surface area (Å²) in [6.07, 6.45) is 2.24. The normalized spacial score (nSPS) is 13.9. The molecule has 1 rings (SSSR count). The molecule has 0 aliphatic heterocycles. The maximum Gasteiger partial charge on any atom is 0.161 e. The van der Waals surface area contributed by atoms with Crippen LogP contribution in [0.15, 0.2) is 12.1 Å². The standard InChI is InChI=1S/C26H48O2P2/c1-23(2,3)29(24(4,5)6)17-19-15-21(27-13)22(28-14)16-20(19)18-30(25(7,8)9)26(10,11)12/h15-16H,17-18H2,1-14H3. The van der Waals surface area contributed by atoms with E-state index in [4.69, 9.17) is 9.47 Å². The summed E-state index contributed by atoms with van der Waals surface area (Å²) < 4.78 is 11.4. The van der Waals surface area contributed by atoms with Gasteiger partial charge in [-0.05, 0) is 56.2 Å². The summed E-state index contributed by atoms with van der Waals surface area (Å²) in [4.78, 5) is 0. The first kappa shape index (κ1) is 27.7. The summed E-state index contributed by atoms with van der Waals surface area (Å²) >= 11 is 0. The number of methoxy groups -OCH3 is 2. The van der Waals surface area contributed by atoms with Gasteiger partial charge in [0.2, 0.25) is 0 Å². The minimum Gasteiger partial charge on any atom is -0.493 e. The van der Waals surface area contributed by atoms with Crippen LogP contribution in [0.5, 0.6) is 11.5 Å². The summed E-state index contributed by atoms with van der Waals surface area (Å²) in [5, 5.41) is 1.15. The van der Waals surface area contributed by atoms with Crippen molar-refractivity contribution in [2.75, 3.05) is 14.2 Å². The van der Waals surface area contributed by atoms with Crippen LogP contribution in [0.1, 0.15) is 94.2 Å². The molecule has 0 bridgehead atoms. The third-order valence-electron chi connectivity index (χ3n) is 5.60. The highest BCUT2D eigenvalue weighted by atomic mass is 31.1. The summed E-state index contributed by atoms with van der Waals surface area (Å²) in [5.74, 6) is 1.70. The van der Waals surface area contributed by atoms with Gasteiger partial charge in [-0.1, -0.05) is 98.9 Å². The summed E-state index contributed by atoms with van der Waals surface area (Å²) in [5.41, 5.74) is 2.90.